The molecule has 0 radical (unpaired) electrons. The largest absolute Gasteiger partial charge is 0.287 e. The predicted octanol–water partition coefficient (Wildman–Crippen LogP) is 1.28. The van der Waals surface area contributed by atoms with Gasteiger partial charge >= 0.3 is 0 Å². The van der Waals surface area contributed by atoms with Gasteiger partial charge in [0.15, 0.2) is 5.69 Å². The molecule has 0 amide bonds. The molecule has 1 heterocycles. The third-order valence-corrected chi connectivity index (χ3v) is 2.13. The Bertz CT molecular complexity index is 502. The Labute approximate surface area is 73.1 Å². The van der Waals surface area contributed by atoms with E-state index in [0.29, 0.717) is 17.0 Å². The molecule has 1 aliphatic rings. The first-order chi connectivity index (χ1) is 6.38. The van der Waals surface area contributed by atoms with Gasteiger partial charge in [-0.15, -0.1) is 0 Å². The predicted molar refractivity (Wildman–Crippen MR) is 43.2 cm³/mol. The van der Waals surface area contributed by atoms with E-state index >= 15 is 0 Å². The Morgan fingerprint density at radius 1 is 1.00 bits per heavy atom. The summed E-state index contributed by atoms with van der Waals surface area (Å²) in [7, 11) is 0. The van der Waals surface area contributed by atoms with E-state index in [9.17, 15) is 4.79 Å². The van der Waals surface area contributed by atoms with Gasteiger partial charge in [0.2, 0.25) is 5.78 Å². The van der Waals surface area contributed by atoms with Crippen LogP contribution >= 0.6 is 0 Å². The van der Waals surface area contributed by atoms with Crippen molar-refractivity contribution >= 4 is 5.78 Å². The zero-order valence-corrected chi connectivity index (χ0v) is 6.52. The van der Waals surface area contributed by atoms with Crippen molar-refractivity contribution in [3.8, 4) is 11.3 Å². The fourth-order valence-corrected chi connectivity index (χ4v) is 1.53. The molecule has 0 N–H and O–H groups in total. The number of carbonyl (C=O) groups is 1. The van der Waals surface area contributed by atoms with Gasteiger partial charge in [-0.3, -0.25) is 4.79 Å². The van der Waals surface area contributed by atoms with Gasteiger partial charge in [0, 0.05) is 11.1 Å². The van der Waals surface area contributed by atoms with Gasteiger partial charge in [-0.1, -0.05) is 24.3 Å². The van der Waals surface area contributed by atoms with Crippen LogP contribution in [0.1, 0.15) is 16.1 Å². The Hall–Kier alpha value is -1.97. The maximum atomic E-state index is 11.6. The Balaban J connectivity index is 2.43. The Morgan fingerprint density at radius 2 is 1.69 bits per heavy atom. The minimum Gasteiger partial charge on any atom is -0.287 e. The number of benzene rings is 1. The van der Waals surface area contributed by atoms with E-state index < -0.39 is 0 Å². The smallest absolute Gasteiger partial charge is 0.217 e. The van der Waals surface area contributed by atoms with Crippen LogP contribution in [0.2, 0.25) is 0 Å². The molecule has 0 saturated carbocycles. The van der Waals surface area contributed by atoms with E-state index in [1.54, 1.807) is 6.07 Å². The summed E-state index contributed by atoms with van der Waals surface area (Å²) in [5.41, 5.74) is 2.34. The second kappa shape index (κ2) is 2.04. The molecule has 3 rings (SSSR count). The van der Waals surface area contributed by atoms with Crippen LogP contribution in [0.4, 0.5) is 0 Å². The van der Waals surface area contributed by atoms with Gasteiger partial charge < -0.3 is 0 Å². The van der Waals surface area contributed by atoms with Crippen LogP contribution in [-0.2, 0) is 0 Å². The maximum Gasteiger partial charge on any atom is 0.217 e. The van der Waals surface area contributed by atoms with E-state index in [2.05, 4.69) is 14.9 Å². The summed E-state index contributed by atoms with van der Waals surface area (Å²) in [6.45, 7) is 0. The van der Waals surface area contributed by atoms with Gasteiger partial charge in [0.05, 0.1) is 0 Å². The van der Waals surface area contributed by atoms with Gasteiger partial charge in [-0.2, -0.15) is 0 Å². The summed E-state index contributed by atoms with van der Waals surface area (Å²) >= 11 is 0. The Kier molecular flexibility index (Phi) is 1.02. The number of aromatic nitrogens is 2. The van der Waals surface area contributed by atoms with Crippen molar-refractivity contribution in [2.75, 3.05) is 0 Å². The molecule has 1 aromatic carbocycles. The normalized spacial score (nSPS) is 12.8. The molecule has 4 heteroatoms. The first-order valence-corrected chi connectivity index (χ1v) is 3.84. The molecule has 0 unspecified atom stereocenters. The average Bonchev–Trinajstić information content (AvgIpc) is 2.72. The summed E-state index contributed by atoms with van der Waals surface area (Å²) in [5, 5.41) is 7.24. The number of hydrogen-bond acceptors (Lipinski definition) is 4. The molecule has 2 aromatic rings. The van der Waals surface area contributed by atoms with Gasteiger partial charge in [-0.05, 0) is 10.3 Å². The summed E-state index contributed by atoms with van der Waals surface area (Å²) in [6.07, 6.45) is 0. The lowest BCUT2D eigenvalue weighted by Crippen LogP contribution is -1.95. The van der Waals surface area contributed by atoms with E-state index in [1.165, 1.54) is 0 Å². The number of hydrogen-bond donors (Lipinski definition) is 0. The summed E-state index contributed by atoms with van der Waals surface area (Å²) in [4.78, 5) is 11.6. The van der Waals surface area contributed by atoms with Crippen molar-refractivity contribution in [3.05, 3.63) is 35.5 Å². The van der Waals surface area contributed by atoms with E-state index in [1.807, 2.05) is 18.2 Å². The van der Waals surface area contributed by atoms with Gasteiger partial charge in [0.1, 0.15) is 5.69 Å². The number of fused-ring (bicyclic) bond motifs is 3. The molecule has 0 atom stereocenters. The molecule has 1 aliphatic carbocycles. The molecule has 1 aromatic heterocycles. The molecule has 4 nitrogen and oxygen atoms in total. The van der Waals surface area contributed by atoms with Crippen molar-refractivity contribution < 1.29 is 9.42 Å². The monoisotopic (exact) mass is 172 g/mol. The van der Waals surface area contributed by atoms with Crippen LogP contribution in [0.5, 0.6) is 0 Å². The maximum absolute atomic E-state index is 11.6. The number of ketones is 1. The SMILES string of the molecule is O=C1c2ccccc2-c2nonc21. The minimum atomic E-state index is -0.105. The van der Waals surface area contributed by atoms with Crippen molar-refractivity contribution in [2.24, 2.45) is 0 Å². The highest BCUT2D eigenvalue weighted by Gasteiger charge is 2.31. The van der Waals surface area contributed by atoms with Crippen LogP contribution < -0.4 is 0 Å². The topological polar surface area (TPSA) is 56.0 Å². The van der Waals surface area contributed by atoms with Crippen molar-refractivity contribution in [3.63, 3.8) is 0 Å². The fourth-order valence-electron chi connectivity index (χ4n) is 1.53. The standard InChI is InChI=1S/C9H4N2O2/c12-9-6-4-2-1-3-5(6)7-8(9)11-13-10-7/h1-4H. The lowest BCUT2D eigenvalue weighted by molar-refractivity contribution is 0.103. The first kappa shape index (κ1) is 6.54. The van der Waals surface area contributed by atoms with E-state index in [0.717, 1.165) is 5.56 Å². The van der Waals surface area contributed by atoms with Crippen LogP contribution in [-0.4, -0.2) is 16.1 Å². The van der Waals surface area contributed by atoms with Crippen molar-refractivity contribution in [1.29, 1.82) is 0 Å². The molecule has 62 valence electrons. The molecular formula is C9H4N2O2. The highest BCUT2D eigenvalue weighted by molar-refractivity contribution is 6.19. The fraction of sp³-hybridized carbons (Fsp3) is 0. The van der Waals surface area contributed by atoms with Gasteiger partial charge in [-0.25, -0.2) is 4.63 Å². The molecule has 0 aliphatic heterocycles. The zero-order valence-electron chi connectivity index (χ0n) is 6.52. The molecule has 0 bridgehead atoms. The second-order valence-corrected chi connectivity index (χ2v) is 2.84. The third-order valence-electron chi connectivity index (χ3n) is 2.13. The number of rotatable bonds is 0. The highest BCUT2D eigenvalue weighted by atomic mass is 16.6. The molecule has 0 fully saturated rings. The summed E-state index contributed by atoms with van der Waals surface area (Å²) < 4.78 is 4.49. The molecular weight excluding hydrogens is 168 g/mol. The molecule has 0 saturated heterocycles. The van der Waals surface area contributed by atoms with Crippen LogP contribution in [0, 0.1) is 0 Å². The number of nitrogens with zero attached hydrogens (tertiary/aromatic N) is 2. The van der Waals surface area contributed by atoms with Crippen molar-refractivity contribution in [1.82, 2.24) is 10.3 Å². The molecule has 0 spiro atoms. The average molecular weight is 172 g/mol. The lowest BCUT2D eigenvalue weighted by Gasteiger charge is -1.92. The Morgan fingerprint density at radius 3 is 2.54 bits per heavy atom. The zero-order chi connectivity index (χ0) is 8.84. The third kappa shape index (κ3) is 0.672. The first-order valence-electron chi connectivity index (χ1n) is 3.84. The number of carbonyl (C=O) groups excluding carboxylic acids is 1. The van der Waals surface area contributed by atoms with Crippen LogP contribution in [0.25, 0.3) is 11.3 Å². The van der Waals surface area contributed by atoms with E-state index in [4.69, 9.17) is 0 Å². The van der Waals surface area contributed by atoms with Crippen LogP contribution in [0.15, 0.2) is 28.9 Å². The quantitative estimate of drug-likeness (QED) is 0.512. The highest BCUT2D eigenvalue weighted by Crippen LogP contribution is 2.33. The van der Waals surface area contributed by atoms with Crippen LogP contribution in [0.3, 0.4) is 0 Å². The molecule has 13 heavy (non-hydrogen) atoms. The van der Waals surface area contributed by atoms with Gasteiger partial charge in [0.25, 0.3) is 0 Å². The van der Waals surface area contributed by atoms with E-state index in [-0.39, 0.29) is 5.78 Å². The minimum absolute atomic E-state index is 0.105. The summed E-state index contributed by atoms with van der Waals surface area (Å²) in [6, 6.07) is 7.28. The second-order valence-electron chi connectivity index (χ2n) is 2.84. The lowest BCUT2D eigenvalue weighted by atomic mass is 10.1. The van der Waals surface area contributed by atoms with Crippen molar-refractivity contribution in [2.45, 2.75) is 0 Å². The summed E-state index contributed by atoms with van der Waals surface area (Å²) in [5.74, 6) is -0.105.